The average Bonchev–Trinajstić information content (AvgIpc) is 3.26. The van der Waals surface area contributed by atoms with Crippen molar-refractivity contribution < 1.29 is 23.9 Å². The molecule has 3 aromatic rings. The highest BCUT2D eigenvalue weighted by molar-refractivity contribution is 6.12. The Bertz CT molecular complexity index is 1310. The molecule has 36 heavy (non-hydrogen) atoms. The van der Waals surface area contributed by atoms with Crippen molar-refractivity contribution in [3.8, 4) is 5.75 Å². The molecule has 1 N–H and O–H groups in total. The van der Waals surface area contributed by atoms with Crippen LogP contribution in [0.4, 0.5) is 5.69 Å². The Labute approximate surface area is 210 Å². The van der Waals surface area contributed by atoms with Gasteiger partial charge >= 0.3 is 5.97 Å². The molecule has 0 saturated carbocycles. The SMILES string of the molecule is CCOC(=O)c1cc2n(n1)CC(C)(C(=O)NCc1ccccc1OC)N(c1cc(C)cc(C)c1)C2=O. The van der Waals surface area contributed by atoms with Crippen LogP contribution in [0.25, 0.3) is 0 Å². The first-order valence-corrected chi connectivity index (χ1v) is 11.8. The number of para-hydroxylation sites is 1. The molecule has 0 saturated heterocycles. The molecule has 4 rings (SSSR count). The van der Waals surface area contributed by atoms with Gasteiger partial charge in [0.2, 0.25) is 5.91 Å². The monoisotopic (exact) mass is 490 g/mol. The Balaban J connectivity index is 1.75. The molecule has 0 aliphatic carbocycles. The van der Waals surface area contributed by atoms with Gasteiger partial charge in [-0.25, -0.2) is 4.79 Å². The van der Waals surface area contributed by atoms with E-state index in [1.54, 1.807) is 21.0 Å². The van der Waals surface area contributed by atoms with E-state index in [9.17, 15) is 14.4 Å². The summed E-state index contributed by atoms with van der Waals surface area (Å²) in [5.74, 6) is -0.751. The van der Waals surface area contributed by atoms with Crippen molar-refractivity contribution >= 4 is 23.5 Å². The van der Waals surface area contributed by atoms with Crippen LogP contribution in [0.2, 0.25) is 0 Å². The van der Waals surface area contributed by atoms with Crippen LogP contribution in [0.1, 0.15) is 51.5 Å². The second kappa shape index (κ2) is 9.85. The maximum Gasteiger partial charge on any atom is 0.358 e. The van der Waals surface area contributed by atoms with Crippen molar-refractivity contribution in [2.45, 2.75) is 46.3 Å². The van der Waals surface area contributed by atoms with Crippen molar-refractivity contribution in [2.75, 3.05) is 18.6 Å². The Morgan fingerprint density at radius 3 is 2.47 bits per heavy atom. The lowest BCUT2D eigenvalue weighted by Gasteiger charge is -2.43. The molecule has 9 heteroatoms. The topological polar surface area (TPSA) is 103 Å². The number of amides is 2. The number of benzene rings is 2. The minimum atomic E-state index is -1.33. The Morgan fingerprint density at radius 1 is 1.11 bits per heavy atom. The summed E-state index contributed by atoms with van der Waals surface area (Å²) in [7, 11) is 1.57. The number of aryl methyl sites for hydroxylation is 2. The highest BCUT2D eigenvalue weighted by Gasteiger charge is 2.49. The number of hydrogen-bond acceptors (Lipinski definition) is 6. The first-order chi connectivity index (χ1) is 17.2. The smallest absolute Gasteiger partial charge is 0.358 e. The fraction of sp³-hybridized carbons (Fsp3) is 0.333. The number of carbonyl (C=O) groups is 3. The van der Waals surface area contributed by atoms with Gasteiger partial charge in [-0.1, -0.05) is 24.3 Å². The van der Waals surface area contributed by atoms with E-state index in [2.05, 4.69) is 10.4 Å². The highest BCUT2D eigenvalue weighted by atomic mass is 16.5. The van der Waals surface area contributed by atoms with Gasteiger partial charge in [0.05, 0.1) is 20.3 Å². The number of anilines is 1. The zero-order chi connectivity index (χ0) is 26.0. The lowest BCUT2D eigenvalue weighted by molar-refractivity contribution is -0.126. The van der Waals surface area contributed by atoms with Gasteiger partial charge in [0.15, 0.2) is 5.69 Å². The molecule has 1 atom stereocenters. The van der Waals surface area contributed by atoms with E-state index in [1.165, 1.54) is 15.6 Å². The van der Waals surface area contributed by atoms with Gasteiger partial charge in [-0.3, -0.25) is 19.2 Å². The third kappa shape index (κ3) is 4.56. The van der Waals surface area contributed by atoms with Gasteiger partial charge in [0.25, 0.3) is 5.91 Å². The zero-order valence-corrected chi connectivity index (χ0v) is 21.1. The normalized spacial score (nSPS) is 16.9. The minimum absolute atomic E-state index is 0.0271. The van der Waals surface area contributed by atoms with E-state index in [0.29, 0.717) is 11.4 Å². The summed E-state index contributed by atoms with van der Waals surface area (Å²) in [5.41, 5.74) is 2.23. The average molecular weight is 491 g/mol. The first-order valence-electron chi connectivity index (χ1n) is 11.8. The molecule has 9 nitrogen and oxygen atoms in total. The number of methoxy groups -OCH3 is 1. The fourth-order valence-electron chi connectivity index (χ4n) is 4.59. The number of rotatable bonds is 7. The third-order valence-electron chi connectivity index (χ3n) is 6.22. The van der Waals surface area contributed by atoms with Crippen LogP contribution in [0.15, 0.2) is 48.5 Å². The van der Waals surface area contributed by atoms with Gasteiger partial charge in [-0.15, -0.1) is 0 Å². The number of nitrogens with one attached hydrogen (secondary N) is 1. The van der Waals surface area contributed by atoms with Crippen LogP contribution in [-0.2, 0) is 22.6 Å². The van der Waals surface area contributed by atoms with Crippen LogP contribution in [-0.4, -0.2) is 46.8 Å². The molecule has 0 radical (unpaired) electrons. The number of ether oxygens (including phenoxy) is 2. The predicted octanol–water partition coefficient (Wildman–Crippen LogP) is 3.42. The molecular weight excluding hydrogens is 460 g/mol. The Hall–Kier alpha value is -4.14. The van der Waals surface area contributed by atoms with E-state index in [1.807, 2.05) is 56.3 Å². The van der Waals surface area contributed by atoms with E-state index in [4.69, 9.17) is 9.47 Å². The van der Waals surface area contributed by atoms with Gasteiger partial charge in [-0.05, 0) is 57.0 Å². The Morgan fingerprint density at radius 2 is 1.81 bits per heavy atom. The van der Waals surface area contributed by atoms with E-state index in [-0.39, 0.29) is 37.0 Å². The molecule has 2 aromatic carbocycles. The molecule has 1 aromatic heterocycles. The standard InChI is InChI=1S/C27H30N4O5/c1-6-36-25(33)21-14-22-24(32)31(20-12-17(2)11-18(3)13-20)27(4,16-30(22)29-21)26(34)28-15-19-9-7-8-10-23(19)35-5/h7-14H,6,15-16H2,1-5H3,(H,28,34). The maximum absolute atomic E-state index is 13.8. The number of esters is 1. The summed E-state index contributed by atoms with van der Waals surface area (Å²) in [6.07, 6.45) is 0. The first kappa shape index (κ1) is 25.0. The molecule has 1 unspecified atom stereocenters. The predicted molar refractivity (Wildman–Crippen MR) is 134 cm³/mol. The minimum Gasteiger partial charge on any atom is -0.496 e. The number of nitrogens with zero attached hydrogens (tertiary/aromatic N) is 3. The molecule has 0 fully saturated rings. The van der Waals surface area contributed by atoms with Crippen LogP contribution in [0, 0.1) is 13.8 Å². The van der Waals surface area contributed by atoms with Crippen molar-refractivity contribution in [1.82, 2.24) is 15.1 Å². The Kier molecular flexibility index (Phi) is 6.83. The van der Waals surface area contributed by atoms with E-state index in [0.717, 1.165) is 16.7 Å². The number of fused-ring (bicyclic) bond motifs is 1. The molecule has 2 heterocycles. The van der Waals surface area contributed by atoms with Crippen LogP contribution >= 0.6 is 0 Å². The molecule has 2 amide bonds. The summed E-state index contributed by atoms with van der Waals surface area (Å²) in [6.45, 7) is 7.73. The van der Waals surface area contributed by atoms with E-state index < -0.39 is 17.4 Å². The highest BCUT2D eigenvalue weighted by Crippen LogP contribution is 2.34. The van der Waals surface area contributed by atoms with Gasteiger partial charge in [-0.2, -0.15) is 5.10 Å². The van der Waals surface area contributed by atoms with Gasteiger partial charge < -0.3 is 14.8 Å². The van der Waals surface area contributed by atoms with Crippen molar-refractivity contribution in [1.29, 1.82) is 0 Å². The van der Waals surface area contributed by atoms with Crippen LogP contribution in [0.3, 0.4) is 0 Å². The summed E-state index contributed by atoms with van der Waals surface area (Å²) in [5, 5.41) is 7.27. The van der Waals surface area contributed by atoms with Crippen LogP contribution < -0.4 is 15.0 Å². The number of carbonyl (C=O) groups excluding carboxylic acids is 3. The quantitative estimate of drug-likeness (QED) is 0.509. The molecule has 1 aliphatic heterocycles. The van der Waals surface area contributed by atoms with Crippen molar-refractivity contribution in [2.24, 2.45) is 0 Å². The van der Waals surface area contributed by atoms with Crippen LogP contribution in [0.5, 0.6) is 5.75 Å². The molecule has 188 valence electrons. The number of hydrogen-bond donors (Lipinski definition) is 1. The van der Waals surface area contributed by atoms with Crippen molar-refractivity contribution in [3.63, 3.8) is 0 Å². The largest absolute Gasteiger partial charge is 0.496 e. The maximum atomic E-state index is 13.8. The molecule has 1 aliphatic rings. The second-order valence-electron chi connectivity index (χ2n) is 9.05. The molecular formula is C27H30N4O5. The number of aromatic nitrogens is 2. The lowest BCUT2D eigenvalue weighted by Crippen LogP contribution is -2.64. The second-order valence-corrected chi connectivity index (χ2v) is 9.05. The fourth-order valence-corrected chi connectivity index (χ4v) is 4.59. The summed E-state index contributed by atoms with van der Waals surface area (Å²) in [6, 6.07) is 14.6. The summed E-state index contributed by atoms with van der Waals surface area (Å²) < 4.78 is 11.9. The lowest BCUT2D eigenvalue weighted by atomic mass is 9.93. The summed E-state index contributed by atoms with van der Waals surface area (Å²) in [4.78, 5) is 41.4. The van der Waals surface area contributed by atoms with Gasteiger partial charge in [0, 0.05) is 23.9 Å². The molecule has 0 bridgehead atoms. The third-order valence-corrected chi connectivity index (χ3v) is 6.22. The summed E-state index contributed by atoms with van der Waals surface area (Å²) >= 11 is 0. The van der Waals surface area contributed by atoms with E-state index >= 15 is 0 Å². The van der Waals surface area contributed by atoms with Gasteiger partial charge in [0.1, 0.15) is 17.0 Å². The van der Waals surface area contributed by atoms with Crippen molar-refractivity contribution in [3.05, 3.63) is 76.6 Å². The molecule has 0 spiro atoms. The zero-order valence-electron chi connectivity index (χ0n) is 21.1.